The van der Waals surface area contributed by atoms with E-state index in [0.29, 0.717) is 17.5 Å². The summed E-state index contributed by atoms with van der Waals surface area (Å²) in [6.07, 6.45) is 1.18. The number of hydrogen-bond donors (Lipinski definition) is 0. The van der Waals surface area contributed by atoms with Crippen molar-refractivity contribution in [3.63, 3.8) is 0 Å². The molecule has 0 unspecified atom stereocenters. The number of nitro benzene ring substituents is 1. The summed E-state index contributed by atoms with van der Waals surface area (Å²) in [5.41, 5.74) is 1.01. The number of nitro groups is 1. The minimum Gasteiger partial charge on any atom is -0.294 e. The minimum atomic E-state index is -0.460. The third-order valence-electron chi connectivity index (χ3n) is 2.20. The number of carbonyl (C=O) groups excluding carboxylic acids is 1. The number of Topliss-reactive ketones (excluding diaryl/α,β-unsaturated/α-hetero) is 1. The van der Waals surface area contributed by atoms with Crippen LogP contribution in [0.5, 0.6) is 0 Å². The molecule has 80 valence electrons. The molecule has 0 aliphatic rings. The molecule has 15 heavy (non-hydrogen) atoms. The molecule has 0 N–H and O–H groups in total. The Morgan fingerprint density at radius 3 is 2.67 bits per heavy atom. The zero-order valence-electron chi connectivity index (χ0n) is 8.82. The average molecular weight is 207 g/mol. The van der Waals surface area contributed by atoms with Crippen molar-refractivity contribution in [2.75, 3.05) is 0 Å². The second kappa shape index (κ2) is 4.68. The maximum absolute atomic E-state index is 11.5. The van der Waals surface area contributed by atoms with Gasteiger partial charge < -0.3 is 0 Å². The molecule has 0 saturated heterocycles. The molecule has 1 aromatic rings. The average Bonchev–Trinajstić information content (AvgIpc) is 2.18. The minimum absolute atomic E-state index is 0.0111. The van der Waals surface area contributed by atoms with Gasteiger partial charge in [0.15, 0.2) is 5.78 Å². The lowest BCUT2D eigenvalue weighted by molar-refractivity contribution is -0.385. The number of rotatable bonds is 4. The van der Waals surface area contributed by atoms with E-state index < -0.39 is 4.92 Å². The molecule has 0 spiro atoms. The highest BCUT2D eigenvalue weighted by molar-refractivity contribution is 5.96. The van der Waals surface area contributed by atoms with E-state index in [4.69, 9.17) is 0 Å². The lowest BCUT2D eigenvalue weighted by atomic mass is 10.0. The predicted molar refractivity (Wildman–Crippen MR) is 57.1 cm³/mol. The molecule has 1 rings (SSSR count). The maximum atomic E-state index is 11.5. The van der Waals surface area contributed by atoms with Gasteiger partial charge in [0.1, 0.15) is 0 Å². The molecule has 4 nitrogen and oxygen atoms in total. The predicted octanol–water partition coefficient (Wildman–Crippen LogP) is 2.89. The van der Waals surface area contributed by atoms with Crippen molar-refractivity contribution in [1.29, 1.82) is 0 Å². The van der Waals surface area contributed by atoms with Gasteiger partial charge in [0.05, 0.1) is 4.92 Å². The number of benzene rings is 1. The third-order valence-corrected chi connectivity index (χ3v) is 2.20. The molecule has 0 aliphatic carbocycles. The van der Waals surface area contributed by atoms with Crippen molar-refractivity contribution in [3.05, 3.63) is 39.4 Å². The number of carbonyl (C=O) groups is 1. The van der Waals surface area contributed by atoms with Gasteiger partial charge in [0.25, 0.3) is 5.69 Å². The van der Waals surface area contributed by atoms with Gasteiger partial charge in [-0.15, -0.1) is 0 Å². The smallest absolute Gasteiger partial charge is 0.273 e. The van der Waals surface area contributed by atoms with E-state index in [1.807, 2.05) is 6.92 Å². The molecule has 0 saturated carbocycles. The van der Waals surface area contributed by atoms with E-state index in [0.717, 1.165) is 6.42 Å². The quantitative estimate of drug-likeness (QED) is 0.433. The Morgan fingerprint density at radius 2 is 2.13 bits per heavy atom. The third kappa shape index (κ3) is 2.62. The van der Waals surface area contributed by atoms with Crippen LogP contribution in [-0.4, -0.2) is 10.7 Å². The van der Waals surface area contributed by atoms with Crippen LogP contribution in [0.2, 0.25) is 0 Å². The summed E-state index contributed by atoms with van der Waals surface area (Å²) in [4.78, 5) is 21.7. The normalized spacial score (nSPS) is 10.0. The van der Waals surface area contributed by atoms with Gasteiger partial charge in [-0.1, -0.05) is 19.1 Å². The monoisotopic (exact) mass is 207 g/mol. The topological polar surface area (TPSA) is 60.2 Å². The molecule has 0 aromatic heterocycles. The van der Waals surface area contributed by atoms with Crippen LogP contribution in [0.25, 0.3) is 0 Å². The highest BCUT2D eigenvalue weighted by atomic mass is 16.6. The van der Waals surface area contributed by atoms with Gasteiger partial charge in [-0.3, -0.25) is 14.9 Å². The van der Waals surface area contributed by atoms with E-state index in [9.17, 15) is 14.9 Å². The fraction of sp³-hybridized carbons (Fsp3) is 0.364. The van der Waals surface area contributed by atoms with Crippen LogP contribution in [0.3, 0.4) is 0 Å². The fourth-order valence-corrected chi connectivity index (χ4v) is 1.35. The van der Waals surface area contributed by atoms with Crippen molar-refractivity contribution in [1.82, 2.24) is 0 Å². The Bertz CT molecular complexity index is 399. The first kappa shape index (κ1) is 11.4. The largest absolute Gasteiger partial charge is 0.294 e. The standard InChI is InChI=1S/C11H13NO3/c1-3-4-11(13)9-6-5-8(2)10(7-9)12(14)15/h5-7H,3-4H2,1-2H3. The molecule has 0 atom stereocenters. The fourth-order valence-electron chi connectivity index (χ4n) is 1.35. The van der Waals surface area contributed by atoms with E-state index in [-0.39, 0.29) is 11.5 Å². The van der Waals surface area contributed by atoms with Crippen molar-refractivity contribution < 1.29 is 9.72 Å². The van der Waals surface area contributed by atoms with Crippen molar-refractivity contribution >= 4 is 11.5 Å². The molecular formula is C11H13NO3. The van der Waals surface area contributed by atoms with Crippen molar-refractivity contribution in [2.45, 2.75) is 26.7 Å². The molecule has 0 fully saturated rings. The Balaban J connectivity index is 3.07. The summed E-state index contributed by atoms with van der Waals surface area (Å²) in [5.74, 6) is -0.0411. The Morgan fingerprint density at radius 1 is 1.47 bits per heavy atom. The molecule has 0 heterocycles. The van der Waals surface area contributed by atoms with Crippen LogP contribution >= 0.6 is 0 Å². The Kier molecular flexibility index (Phi) is 3.55. The van der Waals surface area contributed by atoms with Gasteiger partial charge in [-0.05, 0) is 13.3 Å². The molecule has 0 bridgehead atoms. The zero-order chi connectivity index (χ0) is 11.4. The van der Waals surface area contributed by atoms with Gasteiger partial charge in [-0.2, -0.15) is 0 Å². The van der Waals surface area contributed by atoms with Crippen LogP contribution in [0.4, 0.5) is 5.69 Å². The first-order valence-electron chi connectivity index (χ1n) is 4.84. The lowest BCUT2D eigenvalue weighted by Crippen LogP contribution is -2.00. The van der Waals surface area contributed by atoms with E-state index in [2.05, 4.69) is 0 Å². The first-order chi connectivity index (χ1) is 7.06. The van der Waals surface area contributed by atoms with Gasteiger partial charge >= 0.3 is 0 Å². The van der Waals surface area contributed by atoms with Crippen LogP contribution < -0.4 is 0 Å². The number of aryl methyl sites for hydroxylation is 1. The summed E-state index contributed by atoms with van der Waals surface area (Å²) >= 11 is 0. The summed E-state index contributed by atoms with van der Waals surface area (Å²) in [5, 5.41) is 10.6. The van der Waals surface area contributed by atoms with Gasteiger partial charge in [0.2, 0.25) is 0 Å². The second-order valence-electron chi connectivity index (χ2n) is 3.43. The van der Waals surface area contributed by atoms with E-state index >= 15 is 0 Å². The summed E-state index contributed by atoms with van der Waals surface area (Å²) in [6.45, 7) is 3.56. The number of hydrogen-bond acceptors (Lipinski definition) is 3. The van der Waals surface area contributed by atoms with Crippen LogP contribution in [0.1, 0.15) is 35.7 Å². The van der Waals surface area contributed by atoms with Gasteiger partial charge in [-0.25, -0.2) is 0 Å². The SMILES string of the molecule is CCCC(=O)c1ccc(C)c([N+](=O)[O-])c1. The van der Waals surface area contributed by atoms with Gasteiger partial charge in [0, 0.05) is 23.6 Å². The first-order valence-corrected chi connectivity index (χ1v) is 4.84. The summed E-state index contributed by atoms with van der Waals surface area (Å²) in [7, 11) is 0. The molecule has 4 heteroatoms. The molecule has 0 aliphatic heterocycles. The van der Waals surface area contributed by atoms with Crippen LogP contribution in [0, 0.1) is 17.0 Å². The Hall–Kier alpha value is -1.71. The summed E-state index contributed by atoms with van der Waals surface area (Å²) in [6, 6.07) is 4.61. The highest BCUT2D eigenvalue weighted by Crippen LogP contribution is 2.20. The second-order valence-corrected chi connectivity index (χ2v) is 3.43. The Labute approximate surface area is 88.1 Å². The zero-order valence-corrected chi connectivity index (χ0v) is 8.82. The number of nitrogens with zero attached hydrogens (tertiary/aromatic N) is 1. The van der Waals surface area contributed by atoms with Crippen LogP contribution in [-0.2, 0) is 0 Å². The maximum Gasteiger partial charge on any atom is 0.273 e. The van der Waals surface area contributed by atoms with E-state index in [1.54, 1.807) is 19.1 Å². The molecule has 0 radical (unpaired) electrons. The molecule has 0 amide bonds. The molecule has 1 aromatic carbocycles. The highest BCUT2D eigenvalue weighted by Gasteiger charge is 2.13. The lowest BCUT2D eigenvalue weighted by Gasteiger charge is -2.01. The van der Waals surface area contributed by atoms with Crippen molar-refractivity contribution in [2.24, 2.45) is 0 Å². The molecular weight excluding hydrogens is 194 g/mol. The van der Waals surface area contributed by atoms with Crippen LogP contribution in [0.15, 0.2) is 18.2 Å². The summed E-state index contributed by atoms with van der Waals surface area (Å²) < 4.78 is 0. The van der Waals surface area contributed by atoms with Crippen molar-refractivity contribution in [3.8, 4) is 0 Å². The number of ketones is 1. The van der Waals surface area contributed by atoms with E-state index in [1.165, 1.54) is 6.07 Å².